The molecule has 1 fully saturated rings. The predicted molar refractivity (Wildman–Crippen MR) is 99.2 cm³/mol. The average molecular weight is 335 g/mol. The average Bonchev–Trinajstić information content (AvgIpc) is 3.07. The lowest BCUT2D eigenvalue weighted by Crippen LogP contribution is -2.45. The Hall–Kier alpha value is -2.79. The second-order valence-electron chi connectivity index (χ2n) is 6.51. The van der Waals surface area contributed by atoms with Gasteiger partial charge < -0.3 is 15.0 Å². The fourth-order valence-electron chi connectivity index (χ4n) is 3.44. The van der Waals surface area contributed by atoms with Crippen LogP contribution in [0.4, 0.5) is 5.69 Å². The third-order valence-electron chi connectivity index (χ3n) is 4.82. The van der Waals surface area contributed by atoms with E-state index in [-0.39, 0.29) is 5.69 Å². The number of carbonyl (C=O) groups is 1. The highest BCUT2D eigenvalue weighted by atomic mass is 16.4. The van der Waals surface area contributed by atoms with Crippen LogP contribution in [0.15, 0.2) is 54.6 Å². The molecule has 2 aromatic carbocycles. The maximum atomic E-state index is 11.1. The van der Waals surface area contributed by atoms with Crippen LogP contribution in [-0.2, 0) is 6.54 Å². The van der Waals surface area contributed by atoms with Gasteiger partial charge in [0.2, 0.25) is 0 Å². The molecule has 0 radical (unpaired) electrons. The number of rotatable bonds is 4. The van der Waals surface area contributed by atoms with Gasteiger partial charge in [0.25, 0.3) is 0 Å². The molecular weight excluding hydrogens is 314 g/mol. The monoisotopic (exact) mass is 335 g/mol. The zero-order chi connectivity index (χ0) is 17.2. The molecule has 0 unspecified atom stereocenters. The van der Waals surface area contributed by atoms with Crippen molar-refractivity contribution < 1.29 is 9.90 Å². The summed E-state index contributed by atoms with van der Waals surface area (Å²) in [5, 5.41) is 10.1. The number of nitrogens with zero attached hydrogens (tertiary/aromatic N) is 2. The molecule has 3 aromatic rings. The third-order valence-corrected chi connectivity index (χ3v) is 4.82. The maximum absolute atomic E-state index is 11.1. The maximum Gasteiger partial charge on any atom is 0.352 e. The smallest absolute Gasteiger partial charge is 0.352 e. The van der Waals surface area contributed by atoms with Crippen LogP contribution in [0.3, 0.4) is 0 Å². The summed E-state index contributed by atoms with van der Waals surface area (Å²) in [5.41, 5.74) is 3.61. The van der Waals surface area contributed by atoms with Gasteiger partial charge in [0.05, 0.1) is 0 Å². The first kappa shape index (κ1) is 15.7. The van der Waals surface area contributed by atoms with Gasteiger partial charge in [-0.1, -0.05) is 30.3 Å². The number of hydrogen-bond acceptors (Lipinski definition) is 3. The molecule has 0 amide bonds. The number of nitrogens with one attached hydrogen (secondary N) is 1. The highest BCUT2D eigenvalue weighted by Gasteiger charge is 2.18. The van der Waals surface area contributed by atoms with Crippen LogP contribution in [0.1, 0.15) is 16.1 Å². The van der Waals surface area contributed by atoms with Gasteiger partial charge in [-0.25, -0.2) is 4.79 Å². The summed E-state index contributed by atoms with van der Waals surface area (Å²) in [6.07, 6.45) is 0. The van der Waals surface area contributed by atoms with E-state index in [1.54, 1.807) is 6.07 Å². The highest BCUT2D eigenvalue weighted by Crippen LogP contribution is 2.24. The minimum Gasteiger partial charge on any atom is -0.477 e. The molecule has 0 spiro atoms. The SMILES string of the molecule is O=C(O)c1cc2cc(N3CCN(Cc4ccccc4)CC3)ccc2[nH]1. The molecule has 4 rings (SSSR count). The Balaban J connectivity index is 1.43. The standard InChI is InChI=1S/C20H21N3O2/c24-20(25)19-13-16-12-17(6-7-18(16)21-19)23-10-8-22(9-11-23)14-15-4-2-1-3-5-15/h1-7,12-13,21H,8-11,14H2,(H,24,25). The van der Waals surface area contributed by atoms with E-state index in [4.69, 9.17) is 5.11 Å². The molecule has 1 aromatic heterocycles. The van der Waals surface area contributed by atoms with Crippen molar-refractivity contribution in [2.75, 3.05) is 31.1 Å². The molecule has 25 heavy (non-hydrogen) atoms. The predicted octanol–water partition coefficient (Wildman–Crippen LogP) is 3.19. The van der Waals surface area contributed by atoms with Crippen LogP contribution in [-0.4, -0.2) is 47.1 Å². The number of hydrogen-bond donors (Lipinski definition) is 2. The van der Waals surface area contributed by atoms with E-state index in [2.05, 4.69) is 51.2 Å². The molecular formula is C20H21N3O2. The van der Waals surface area contributed by atoms with Crippen LogP contribution in [0.2, 0.25) is 0 Å². The lowest BCUT2D eigenvalue weighted by Gasteiger charge is -2.36. The number of aromatic amines is 1. The van der Waals surface area contributed by atoms with Gasteiger partial charge in [0, 0.05) is 49.3 Å². The molecule has 1 aliphatic rings. The second-order valence-corrected chi connectivity index (χ2v) is 6.51. The molecule has 2 heterocycles. The van der Waals surface area contributed by atoms with Gasteiger partial charge in [-0.2, -0.15) is 0 Å². The lowest BCUT2D eigenvalue weighted by molar-refractivity contribution is 0.0691. The first-order chi connectivity index (χ1) is 12.2. The Labute approximate surface area is 146 Å². The molecule has 5 nitrogen and oxygen atoms in total. The largest absolute Gasteiger partial charge is 0.477 e. The molecule has 1 aliphatic heterocycles. The summed E-state index contributed by atoms with van der Waals surface area (Å²) in [7, 11) is 0. The summed E-state index contributed by atoms with van der Waals surface area (Å²) in [6.45, 7) is 5.01. The normalized spacial score (nSPS) is 15.6. The highest BCUT2D eigenvalue weighted by molar-refractivity contribution is 5.94. The van der Waals surface area contributed by atoms with Gasteiger partial charge >= 0.3 is 5.97 Å². The molecule has 1 saturated heterocycles. The number of H-pyrrole nitrogens is 1. The number of aromatic nitrogens is 1. The van der Waals surface area contributed by atoms with Crippen LogP contribution in [0.5, 0.6) is 0 Å². The summed E-state index contributed by atoms with van der Waals surface area (Å²) in [5.74, 6) is -0.924. The van der Waals surface area contributed by atoms with E-state index in [0.717, 1.165) is 49.3 Å². The molecule has 0 bridgehead atoms. The first-order valence-corrected chi connectivity index (χ1v) is 8.56. The van der Waals surface area contributed by atoms with Gasteiger partial charge in [0.1, 0.15) is 5.69 Å². The quantitative estimate of drug-likeness (QED) is 0.769. The Morgan fingerprint density at radius 1 is 1.00 bits per heavy atom. The number of benzene rings is 2. The fraction of sp³-hybridized carbons (Fsp3) is 0.250. The second kappa shape index (κ2) is 6.61. The van der Waals surface area contributed by atoms with Crippen molar-refractivity contribution >= 4 is 22.6 Å². The molecule has 5 heteroatoms. The van der Waals surface area contributed by atoms with Crippen molar-refractivity contribution in [2.45, 2.75) is 6.54 Å². The summed E-state index contributed by atoms with van der Waals surface area (Å²) in [4.78, 5) is 18.9. The molecule has 0 saturated carbocycles. The molecule has 0 aliphatic carbocycles. The number of piperazine rings is 1. The van der Waals surface area contributed by atoms with Gasteiger partial charge in [-0.15, -0.1) is 0 Å². The number of fused-ring (bicyclic) bond motifs is 1. The zero-order valence-corrected chi connectivity index (χ0v) is 14.0. The van der Waals surface area contributed by atoms with Gasteiger partial charge in [-0.05, 0) is 29.8 Å². The number of aromatic carboxylic acids is 1. The number of anilines is 1. The topological polar surface area (TPSA) is 59.6 Å². The van der Waals surface area contributed by atoms with Gasteiger partial charge in [-0.3, -0.25) is 4.90 Å². The minimum absolute atomic E-state index is 0.236. The fourth-order valence-corrected chi connectivity index (χ4v) is 3.44. The summed E-state index contributed by atoms with van der Waals surface area (Å²) >= 11 is 0. The Kier molecular flexibility index (Phi) is 4.15. The van der Waals surface area contributed by atoms with E-state index >= 15 is 0 Å². The first-order valence-electron chi connectivity index (χ1n) is 8.56. The van der Waals surface area contributed by atoms with Crippen LogP contribution in [0, 0.1) is 0 Å². The van der Waals surface area contributed by atoms with E-state index in [9.17, 15) is 4.79 Å². The summed E-state index contributed by atoms with van der Waals surface area (Å²) < 4.78 is 0. The zero-order valence-electron chi connectivity index (χ0n) is 14.0. The van der Waals surface area contributed by atoms with Crippen molar-refractivity contribution in [2.24, 2.45) is 0 Å². The van der Waals surface area contributed by atoms with Crippen molar-refractivity contribution in [1.82, 2.24) is 9.88 Å². The molecule has 2 N–H and O–H groups in total. The number of carboxylic acids is 1. The van der Waals surface area contributed by atoms with Crippen LogP contribution < -0.4 is 4.90 Å². The van der Waals surface area contributed by atoms with Crippen molar-refractivity contribution in [3.8, 4) is 0 Å². The van der Waals surface area contributed by atoms with E-state index < -0.39 is 5.97 Å². The molecule has 0 atom stereocenters. The third kappa shape index (κ3) is 3.37. The molecule has 128 valence electrons. The summed E-state index contributed by atoms with van der Waals surface area (Å²) in [6, 6.07) is 18.4. The Morgan fingerprint density at radius 3 is 2.48 bits per heavy atom. The number of carboxylic acid groups (broad SMARTS) is 1. The minimum atomic E-state index is -0.924. The van der Waals surface area contributed by atoms with Crippen molar-refractivity contribution in [1.29, 1.82) is 0 Å². The van der Waals surface area contributed by atoms with Crippen molar-refractivity contribution in [3.63, 3.8) is 0 Å². The van der Waals surface area contributed by atoms with Crippen molar-refractivity contribution in [3.05, 3.63) is 65.9 Å². The van der Waals surface area contributed by atoms with Crippen LogP contribution >= 0.6 is 0 Å². The van der Waals surface area contributed by atoms with E-state index in [0.29, 0.717) is 0 Å². The lowest BCUT2D eigenvalue weighted by atomic mass is 10.1. The Bertz CT molecular complexity index is 880. The van der Waals surface area contributed by atoms with Crippen LogP contribution in [0.25, 0.3) is 10.9 Å². The Morgan fingerprint density at radius 2 is 1.76 bits per heavy atom. The van der Waals surface area contributed by atoms with E-state index in [1.165, 1.54) is 5.56 Å². The van der Waals surface area contributed by atoms with Gasteiger partial charge in [0.15, 0.2) is 0 Å². The van der Waals surface area contributed by atoms with E-state index in [1.807, 2.05) is 12.1 Å².